The van der Waals surface area contributed by atoms with Crippen molar-refractivity contribution in [1.82, 2.24) is 9.80 Å². The average Bonchev–Trinajstić information content (AvgIpc) is 2.46. The van der Waals surface area contributed by atoms with Crippen LogP contribution in [0.1, 0.15) is 18.9 Å². The van der Waals surface area contributed by atoms with Gasteiger partial charge in [0.05, 0.1) is 7.11 Å². The number of methoxy groups -OCH3 is 1. The van der Waals surface area contributed by atoms with E-state index in [0.717, 1.165) is 12.2 Å². The first kappa shape index (κ1) is 14.4. The first-order chi connectivity index (χ1) is 9.22. The maximum atomic E-state index is 5.21. The van der Waals surface area contributed by atoms with E-state index in [9.17, 15) is 0 Å². The monoisotopic (exact) mass is 262 g/mol. The van der Waals surface area contributed by atoms with Crippen LogP contribution in [0.2, 0.25) is 0 Å². The van der Waals surface area contributed by atoms with Crippen molar-refractivity contribution in [1.29, 1.82) is 0 Å². The molecule has 0 saturated carbocycles. The summed E-state index contributed by atoms with van der Waals surface area (Å²) in [6.07, 6.45) is 2.36. The lowest BCUT2D eigenvalue weighted by atomic mass is 10.0. The van der Waals surface area contributed by atoms with Crippen LogP contribution in [-0.2, 0) is 6.42 Å². The Balaban J connectivity index is 1.94. The molecule has 1 aliphatic heterocycles. The second kappa shape index (κ2) is 6.92. The van der Waals surface area contributed by atoms with Crippen LogP contribution < -0.4 is 4.74 Å². The van der Waals surface area contributed by atoms with Gasteiger partial charge in [-0.1, -0.05) is 19.1 Å². The largest absolute Gasteiger partial charge is 0.497 e. The standard InChI is InChI=1S/C16H26N2O/c1-4-15(18-11-9-17(2)10-12-18)13-14-5-7-16(19-3)8-6-14/h5-8,15H,4,9-13H2,1-3H3. The molecule has 106 valence electrons. The normalized spacial score (nSPS) is 19.3. The molecule has 0 amide bonds. The van der Waals surface area contributed by atoms with E-state index in [4.69, 9.17) is 4.74 Å². The van der Waals surface area contributed by atoms with Crippen LogP contribution in [0.5, 0.6) is 5.75 Å². The first-order valence-corrected chi connectivity index (χ1v) is 7.28. The summed E-state index contributed by atoms with van der Waals surface area (Å²) in [4.78, 5) is 5.06. The maximum absolute atomic E-state index is 5.21. The zero-order valence-corrected chi connectivity index (χ0v) is 12.4. The summed E-state index contributed by atoms with van der Waals surface area (Å²) >= 11 is 0. The van der Waals surface area contributed by atoms with Crippen molar-refractivity contribution in [2.24, 2.45) is 0 Å². The number of likely N-dealkylation sites (N-methyl/N-ethyl adjacent to an activating group) is 1. The average molecular weight is 262 g/mol. The third-order valence-electron chi connectivity index (χ3n) is 4.16. The van der Waals surface area contributed by atoms with Crippen molar-refractivity contribution in [2.75, 3.05) is 40.3 Å². The number of ether oxygens (including phenoxy) is 1. The minimum atomic E-state index is 0.669. The SMILES string of the molecule is CCC(Cc1ccc(OC)cc1)N1CCN(C)CC1. The molecule has 2 rings (SSSR count). The molecule has 1 fully saturated rings. The highest BCUT2D eigenvalue weighted by atomic mass is 16.5. The Kier molecular flexibility index (Phi) is 5.23. The fraction of sp³-hybridized carbons (Fsp3) is 0.625. The van der Waals surface area contributed by atoms with Gasteiger partial charge in [0.1, 0.15) is 5.75 Å². The summed E-state index contributed by atoms with van der Waals surface area (Å²) in [5.41, 5.74) is 1.41. The van der Waals surface area contributed by atoms with Crippen molar-refractivity contribution in [3.8, 4) is 5.75 Å². The van der Waals surface area contributed by atoms with E-state index >= 15 is 0 Å². The highest BCUT2D eigenvalue weighted by Crippen LogP contribution is 2.17. The van der Waals surface area contributed by atoms with Crippen LogP contribution in [0.25, 0.3) is 0 Å². The molecule has 1 aromatic rings. The van der Waals surface area contributed by atoms with Crippen LogP contribution in [0.3, 0.4) is 0 Å². The lowest BCUT2D eigenvalue weighted by molar-refractivity contribution is 0.109. The summed E-state index contributed by atoms with van der Waals surface area (Å²) in [6.45, 7) is 7.08. The quantitative estimate of drug-likeness (QED) is 0.809. The molecule has 1 saturated heterocycles. The molecular weight excluding hydrogens is 236 g/mol. The van der Waals surface area contributed by atoms with E-state index in [1.165, 1.54) is 38.2 Å². The van der Waals surface area contributed by atoms with Gasteiger partial charge in [0, 0.05) is 32.2 Å². The van der Waals surface area contributed by atoms with Gasteiger partial charge < -0.3 is 9.64 Å². The highest BCUT2D eigenvalue weighted by Gasteiger charge is 2.21. The Morgan fingerprint density at radius 1 is 1.11 bits per heavy atom. The number of rotatable bonds is 5. The molecule has 1 aromatic carbocycles. The molecule has 1 aliphatic rings. The van der Waals surface area contributed by atoms with E-state index in [1.54, 1.807) is 7.11 Å². The van der Waals surface area contributed by atoms with E-state index in [1.807, 2.05) is 0 Å². The Morgan fingerprint density at radius 2 is 1.74 bits per heavy atom. The van der Waals surface area contributed by atoms with Crippen molar-refractivity contribution in [2.45, 2.75) is 25.8 Å². The second-order valence-corrected chi connectivity index (χ2v) is 5.45. The molecule has 1 unspecified atom stereocenters. The van der Waals surface area contributed by atoms with Crippen molar-refractivity contribution in [3.05, 3.63) is 29.8 Å². The summed E-state index contributed by atoms with van der Waals surface area (Å²) < 4.78 is 5.21. The van der Waals surface area contributed by atoms with Gasteiger partial charge in [0.15, 0.2) is 0 Å². The molecule has 0 aliphatic carbocycles. The Labute approximate surface area is 117 Å². The predicted octanol–water partition coefficient (Wildman–Crippen LogP) is 2.26. The van der Waals surface area contributed by atoms with Gasteiger partial charge in [-0.15, -0.1) is 0 Å². The lowest BCUT2D eigenvalue weighted by Gasteiger charge is -2.37. The zero-order valence-electron chi connectivity index (χ0n) is 12.4. The fourth-order valence-electron chi connectivity index (χ4n) is 2.75. The predicted molar refractivity (Wildman–Crippen MR) is 79.8 cm³/mol. The van der Waals surface area contributed by atoms with E-state index in [-0.39, 0.29) is 0 Å². The van der Waals surface area contributed by atoms with E-state index in [2.05, 4.69) is 48.0 Å². The zero-order chi connectivity index (χ0) is 13.7. The molecule has 0 spiro atoms. The molecule has 0 bridgehead atoms. The van der Waals surface area contributed by atoms with Crippen LogP contribution in [0.4, 0.5) is 0 Å². The minimum absolute atomic E-state index is 0.669. The Morgan fingerprint density at radius 3 is 2.26 bits per heavy atom. The number of hydrogen-bond acceptors (Lipinski definition) is 3. The van der Waals surface area contributed by atoms with Crippen LogP contribution in [-0.4, -0.2) is 56.2 Å². The second-order valence-electron chi connectivity index (χ2n) is 5.45. The van der Waals surface area contributed by atoms with Crippen molar-refractivity contribution >= 4 is 0 Å². The van der Waals surface area contributed by atoms with Gasteiger partial charge in [-0.2, -0.15) is 0 Å². The molecule has 0 radical (unpaired) electrons. The molecule has 3 heteroatoms. The van der Waals surface area contributed by atoms with E-state index < -0.39 is 0 Å². The summed E-state index contributed by atoms with van der Waals surface area (Å²) in [5.74, 6) is 0.941. The summed E-state index contributed by atoms with van der Waals surface area (Å²) in [6, 6.07) is 9.18. The van der Waals surface area contributed by atoms with Crippen LogP contribution in [0.15, 0.2) is 24.3 Å². The smallest absolute Gasteiger partial charge is 0.118 e. The summed E-state index contributed by atoms with van der Waals surface area (Å²) in [5, 5.41) is 0. The molecule has 1 atom stereocenters. The number of benzene rings is 1. The van der Waals surface area contributed by atoms with Gasteiger partial charge in [-0.05, 0) is 37.6 Å². The van der Waals surface area contributed by atoms with E-state index in [0.29, 0.717) is 6.04 Å². The molecule has 0 N–H and O–H groups in total. The fourth-order valence-corrected chi connectivity index (χ4v) is 2.75. The van der Waals surface area contributed by atoms with Gasteiger partial charge >= 0.3 is 0 Å². The molecule has 1 heterocycles. The maximum Gasteiger partial charge on any atom is 0.118 e. The van der Waals surface area contributed by atoms with Gasteiger partial charge in [0.25, 0.3) is 0 Å². The highest BCUT2D eigenvalue weighted by molar-refractivity contribution is 5.27. The third kappa shape index (κ3) is 3.95. The topological polar surface area (TPSA) is 15.7 Å². The van der Waals surface area contributed by atoms with Gasteiger partial charge in [-0.25, -0.2) is 0 Å². The number of hydrogen-bond donors (Lipinski definition) is 0. The summed E-state index contributed by atoms with van der Waals surface area (Å²) in [7, 11) is 3.93. The van der Waals surface area contributed by atoms with Crippen LogP contribution >= 0.6 is 0 Å². The Hall–Kier alpha value is -1.06. The van der Waals surface area contributed by atoms with Crippen molar-refractivity contribution < 1.29 is 4.74 Å². The Bertz CT molecular complexity index is 369. The van der Waals surface area contributed by atoms with Crippen molar-refractivity contribution in [3.63, 3.8) is 0 Å². The first-order valence-electron chi connectivity index (χ1n) is 7.28. The molecule has 0 aromatic heterocycles. The van der Waals surface area contributed by atoms with Gasteiger partial charge in [0.2, 0.25) is 0 Å². The lowest BCUT2D eigenvalue weighted by Crippen LogP contribution is -2.49. The minimum Gasteiger partial charge on any atom is -0.497 e. The van der Waals surface area contributed by atoms with Crippen LogP contribution in [0, 0.1) is 0 Å². The van der Waals surface area contributed by atoms with Gasteiger partial charge in [-0.3, -0.25) is 4.90 Å². The number of nitrogens with zero attached hydrogens (tertiary/aromatic N) is 2. The molecule has 19 heavy (non-hydrogen) atoms. The number of piperazine rings is 1. The molecule has 3 nitrogen and oxygen atoms in total. The molecular formula is C16H26N2O. The third-order valence-corrected chi connectivity index (χ3v) is 4.16.